The van der Waals surface area contributed by atoms with Crippen LogP contribution < -0.4 is 36.0 Å². The van der Waals surface area contributed by atoms with Crippen molar-refractivity contribution in [1.29, 1.82) is 0 Å². The molecule has 0 aliphatic carbocycles. The number of imide groups is 1. The van der Waals surface area contributed by atoms with Gasteiger partial charge in [0.15, 0.2) is 0 Å². The number of likely N-dealkylation sites (tertiary alicyclic amines) is 1. The molecule has 334 valence electrons. The number of pyridine rings is 2. The number of ether oxygens (including phenoxy) is 1. The van der Waals surface area contributed by atoms with Gasteiger partial charge in [0, 0.05) is 121 Å². The number of amides is 5. The van der Waals surface area contributed by atoms with Crippen LogP contribution in [0.5, 0.6) is 5.75 Å². The summed E-state index contributed by atoms with van der Waals surface area (Å²) in [6.07, 6.45) is 6.68. The topological polar surface area (TPSA) is 156 Å². The van der Waals surface area contributed by atoms with E-state index in [-0.39, 0.29) is 36.5 Å². The number of nitrogens with one attached hydrogen (secondary N) is 2. The normalized spacial score (nSPS) is 18.9. The van der Waals surface area contributed by atoms with E-state index in [1.165, 1.54) is 11.0 Å². The van der Waals surface area contributed by atoms with E-state index in [0.29, 0.717) is 53.5 Å². The lowest BCUT2D eigenvalue weighted by atomic mass is 9.92. The summed E-state index contributed by atoms with van der Waals surface area (Å²) in [6.45, 7) is 12.6. The summed E-state index contributed by atoms with van der Waals surface area (Å²) in [4.78, 5) is 58.4. The summed E-state index contributed by atoms with van der Waals surface area (Å²) >= 11 is 12.8. The Morgan fingerprint density at radius 2 is 1.57 bits per heavy atom. The van der Waals surface area contributed by atoms with E-state index in [0.717, 1.165) is 87.0 Å². The van der Waals surface area contributed by atoms with Crippen molar-refractivity contribution < 1.29 is 23.5 Å². The van der Waals surface area contributed by atoms with Gasteiger partial charge in [-0.25, -0.2) is 19.0 Å². The van der Waals surface area contributed by atoms with Crippen molar-refractivity contribution in [1.82, 2.24) is 30.0 Å². The number of piperidine rings is 1. The first-order chi connectivity index (χ1) is 30.4. The second kappa shape index (κ2) is 19.5. The molecule has 4 aliphatic rings. The predicted molar refractivity (Wildman–Crippen MR) is 243 cm³/mol. The summed E-state index contributed by atoms with van der Waals surface area (Å²) in [7, 11) is 0. The van der Waals surface area contributed by atoms with Gasteiger partial charge in [0.1, 0.15) is 23.5 Å². The van der Waals surface area contributed by atoms with E-state index in [4.69, 9.17) is 38.8 Å². The van der Waals surface area contributed by atoms with Crippen LogP contribution in [0.4, 0.5) is 36.9 Å². The van der Waals surface area contributed by atoms with Crippen LogP contribution in [0.25, 0.3) is 0 Å². The van der Waals surface area contributed by atoms with Gasteiger partial charge in [-0.2, -0.15) is 0 Å². The maximum absolute atomic E-state index is 15.1. The van der Waals surface area contributed by atoms with Gasteiger partial charge >= 0.3 is 12.1 Å². The maximum Gasteiger partial charge on any atom is 0.328 e. The number of nitrogens with zero attached hydrogens (tertiary/aromatic N) is 8. The summed E-state index contributed by atoms with van der Waals surface area (Å²) in [5, 5.41) is 3.13. The maximum atomic E-state index is 15.1. The van der Waals surface area contributed by atoms with Crippen LogP contribution in [0.15, 0.2) is 67.1 Å². The Morgan fingerprint density at radius 3 is 2.22 bits per heavy atom. The van der Waals surface area contributed by atoms with Gasteiger partial charge in [-0.1, -0.05) is 36.2 Å². The average Bonchev–Trinajstić information content (AvgIpc) is 3.29. The zero-order valence-electron chi connectivity index (χ0n) is 35.6. The highest BCUT2D eigenvalue weighted by molar-refractivity contribution is 6.35. The molecule has 2 aromatic carbocycles. The van der Waals surface area contributed by atoms with Crippen molar-refractivity contribution in [3.05, 3.63) is 99.7 Å². The van der Waals surface area contributed by atoms with Crippen LogP contribution in [0.1, 0.15) is 61.8 Å². The lowest BCUT2D eigenvalue weighted by Gasteiger charge is -2.42. The van der Waals surface area contributed by atoms with Crippen molar-refractivity contribution in [3.63, 3.8) is 0 Å². The molecule has 4 fully saturated rings. The first-order valence-electron chi connectivity index (χ1n) is 21.6. The molecule has 6 heterocycles. The van der Waals surface area contributed by atoms with Crippen LogP contribution >= 0.6 is 23.2 Å². The van der Waals surface area contributed by atoms with Gasteiger partial charge in [0.2, 0.25) is 5.91 Å². The third-order valence-corrected chi connectivity index (χ3v) is 13.4. The fourth-order valence-corrected chi connectivity index (χ4v) is 9.76. The van der Waals surface area contributed by atoms with Crippen LogP contribution in [0.2, 0.25) is 10.0 Å². The Kier molecular flexibility index (Phi) is 13.7. The molecule has 0 saturated carbocycles. The standard InChI is InChI=1S/C45H54Cl2FN11O4/c1-29(35-24-34(5-6-39(35)53-49)63-30(2)43-36(46)26-50-27-37(43)47)32-3-8-41(51-25-32)56-19-21-58(22-20-56)45(62)57-12-9-31(10-13-57)28-54-15-17-55(18-16-54)33-4-7-40(38(48)23-33)59-14-11-42(60)52-44(59)61/h3-8,23-27,29-31,53H,9-22,28,49H2,1-2H3,(H,52,60,61)/t29?,30-/m1/s1. The molecule has 15 nitrogen and oxygen atoms in total. The van der Waals surface area contributed by atoms with Crippen LogP contribution in [-0.4, -0.2) is 121 Å². The summed E-state index contributed by atoms with van der Waals surface area (Å²) in [5.74, 6) is 7.09. The lowest BCUT2D eigenvalue weighted by Crippen LogP contribution is -2.55. The molecule has 4 aliphatic heterocycles. The van der Waals surface area contributed by atoms with E-state index < -0.39 is 18.0 Å². The smallest absolute Gasteiger partial charge is 0.328 e. The Hall–Kier alpha value is -5.42. The van der Waals surface area contributed by atoms with E-state index in [1.807, 2.05) is 53.3 Å². The molecule has 2 atom stereocenters. The molecule has 2 aromatic heterocycles. The number of hydrogen-bond acceptors (Lipinski definition) is 11. The number of nitrogen functional groups attached to an aromatic ring is 1. The minimum absolute atomic E-state index is 0.0516. The number of benzene rings is 2. The van der Waals surface area contributed by atoms with Crippen LogP contribution in [0.3, 0.4) is 0 Å². The summed E-state index contributed by atoms with van der Waals surface area (Å²) in [5.41, 5.74) is 7.20. The predicted octanol–water partition coefficient (Wildman–Crippen LogP) is 6.72. The van der Waals surface area contributed by atoms with E-state index in [9.17, 15) is 14.4 Å². The highest BCUT2D eigenvalue weighted by Gasteiger charge is 2.31. The first-order valence-corrected chi connectivity index (χ1v) is 22.4. The Labute approximate surface area is 377 Å². The Bertz CT molecular complexity index is 2260. The number of anilines is 4. The fraction of sp³-hybridized carbons (Fsp3) is 0.444. The van der Waals surface area contributed by atoms with Gasteiger partial charge in [-0.05, 0) is 79.3 Å². The number of rotatable bonds is 11. The molecule has 8 rings (SSSR count). The summed E-state index contributed by atoms with van der Waals surface area (Å²) < 4.78 is 21.4. The van der Waals surface area contributed by atoms with Gasteiger partial charge in [0.25, 0.3) is 0 Å². The third-order valence-electron chi connectivity index (χ3n) is 12.8. The molecule has 0 spiro atoms. The van der Waals surface area contributed by atoms with Crippen LogP contribution in [-0.2, 0) is 4.79 Å². The molecule has 1 unspecified atom stereocenters. The molecule has 18 heteroatoms. The van der Waals surface area contributed by atoms with Crippen molar-refractivity contribution >= 4 is 64.1 Å². The summed E-state index contributed by atoms with van der Waals surface area (Å²) in [6, 6.07) is 14.3. The molecule has 0 radical (unpaired) electrons. The number of halogens is 3. The lowest BCUT2D eigenvalue weighted by molar-refractivity contribution is -0.120. The van der Waals surface area contributed by atoms with E-state index in [1.54, 1.807) is 18.5 Å². The molecule has 4 saturated heterocycles. The molecular weight excluding hydrogens is 848 g/mol. The van der Waals surface area contributed by atoms with Crippen molar-refractivity contribution in [2.45, 2.75) is 45.1 Å². The number of piperazine rings is 2. The Balaban J connectivity index is 0.770. The second-order valence-corrected chi connectivity index (χ2v) is 17.5. The molecule has 0 bridgehead atoms. The zero-order valence-corrected chi connectivity index (χ0v) is 37.1. The zero-order chi connectivity index (χ0) is 44.2. The quantitative estimate of drug-likeness (QED) is 0.109. The van der Waals surface area contributed by atoms with Crippen molar-refractivity contribution in [2.75, 3.05) is 98.7 Å². The second-order valence-electron chi connectivity index (χ2n) is 16.7. The fourth-order valence-electron chi connectivity index (χ4n) is 9.09. The van der Waals surface area contributed by atoms with Gasteiger partial charge in [-0.15, -0.1) is 0 Å². The number of hydrogen-bond donors (Lipinski definition) is 3. The number of aromatic nitrogens is 2. The highest BCUT2D eigenvalue weighted by atomic mass is 35.5. The number of urea groups is 2. The largest absolute Gasteiger partial charge is 0.486 e. The van der Waals surface area contributed by atoms with Crippen molar-refractivity contribution in [2.24, 2.45) is 11.8 Å². The average molecular weight is 903 g/mol. The van der Waals surface area contributed by atoms with Gasteiger partial charge in [0.05, 0.1) is 21.4 Å². The minimum atomic E-state index is -0.595. The highest BCUT2D eigenvalue weighted by Crippen LogP contribution is 2.37. The van der Waals surface area contributed by atoms with Gasteiger partial charge in [-0.3, -0.25) is 30.7 Å². The molecular formula is C45H54Cl2FN11O4. The third kappa shape index (κ3) is 10.0. The van der Waals surface area contributed by atoms with Crippen LogP contribution in [0, 0.1) is 11.7 Å². The van der Waals surface area contributed by atoms with Gasteiger partial charge < -0.3 is 29.8 Å². The number of carbonyl (C=O) groups excluding carboxylic acids is 3. The number of hydrazine groups is 1. The first kappa shape index (κ1) is 44.2. The van der Waals surface area contributed by atoms with E-state index >= 15 is 4.39 Å². The molecule has 63 heavy (non-hydrogen) atoms. The van der Waals surface area contributed by atoms with E-state index in [2.05, 4.69) is 43.4 Å². The molecule has 5 amide bonds. The minimum Gasteiger partial charge on any atom is -0.486 e. The number of nitrogens with two attached hydrogens (primary N) is 1. The SMILES string of the molecule is CC(c1ccc(N2CCN(C(=O)N3CCC(CN4CCN(c5ccc(N6CCC(=O)NC6=O)c(F)c5)CC4)CC3)CC2)nc1)c1cc(O[C@H](C)c2c(Cl)cncc2Cl)ccc1NN. The molecule has 4 N–H and O–H groups in total. The van der Waals surface area contributed by atoms with Crippen molar-refractivity contribution in [3.8, 4) is 5.75 Å². The monoisotopic (exact) mass is 901 g/mol. The molecule has 4 aromatic rings. The number of carbonyl (C=O) groups is 3. The Morgan fingerprint density at radius 1 is 0.873 bits per heavy atom.